The minimum atomic E-state index is 0.279. The van der Waals surface area contributed by atoms with Crippen LogP contribution in [0.4, 0.5) is 0 Å². The van der Waals surface area contributed by atoms with E-state index in [1.165, 1.54) is 62.5 Å². The summed E-state index contributed by atoms with van der Waals surface area (Å²) in [5.41, 5.74) is 2.64. The molecule has 0 aromatic heterocycles. The van der Waals surface area contributed by atoms with Crippen molar-refractivity contribution in [2.45, 2.75) is 77.6 Å². The molecule has 0 fully saturated rings. The molecule has 1 N–H and O–H groups in total. The molecule has 0 saturated heterocycles. The second kappa shape index (κ2) is 10.9. The van der Waals surface area contributed by atoms with Gasteiger partial charge in [0.2, 0.25) is 0 Å². The van der Waals surface area contributed by atoms with Crippen LogP contribution in [0.2, 0.25) is 0 Å². The van der Waals surface area contributed by atoms with Gasteiger partial charge in [0.1, 0.15) is 0 Å². The quantitative estimate of drug-likeness (QED) is 0.521. The van der Waals surface area contributed by atoms with Gasteiger partial charge in [0.15, 0.2) is 0 Å². The molecule has 1 heteroatoms. The third kappa shape index (κ3) is 6.56. The molecule has 1 rings (SSSR count). The summed E-state index contributed by atoms with van der Waals surface area (Å²) in [4.78, 5) is 0. The molecule has 1 aromatic carbocycles. The third-order valence-electron chi connectivity index (χ3n) is 4.25. The summed E-state index contributed by atoms with van der Waals surface area (Å²) in [6.45, 7) is 4.69. The summed E-state index contributed by atoms with van der Waals surface area (Å²) in [6.07, 6.45) is 11.9. The smallest absolute Gasteiger partial charge is 0.0499 e. The van der Waals surface area contributed by atoms with Crippen molar-refractivity contribution in [2.75, 3.05) is 6.61 Å². The molecule has 1 nitrogen and oxygen atoms in total. The molecule has 1 unspecified atom stereocenters. The van der Waals surface area contributed by atoms with E-state index in [1.807, 2.05) is 0 Å². The molecule has 0 aliphatic carbocycles. The number of aryl methyl sites for hydroxylation is 1. The van der Waals surface area contributed by atoms with Crippen LogP contribution in [0.15, 0.2) is 24.3 Å². The van der Waals surface area contributed by atoms with E-state index in [1.54, 1.807) is 0 Å². The number of rotatable bonds is 11. The van der Waals surface area contributed by atoms with Crippen LogP contribution in [0.3, 0.4) is 0 Å². The van der Waals surface area contributed by atoms with E-state index < -0.39 is 0 Å². The normalized spacial score (nSPS) is 12.6. The van der Waals surface area contributed by atoms with Gasteiger partial charge in [0, 0.05) is 12.5 Å². The van der Waals surface area contributed by atoms with Gasteiger partial charge in [-0.05, 0) is 24.5 Å². The Bertz CT molecular complexity index is 345. The SMILES string of the molecule is CCCCCCCCCCC(CO)c1ccccc1C. The molecule has 114 valence electrons. The fraction of sp³-hybridized carbons (Fsp3) is 0.684. The Morgan fingerprint density at radius 1 is 0.900 bits per heavy atom. The van der Waals surface area contributed by atoms with E-state index in [0.717, 1.165) is 6.42 Å². The van der Waals surface area contributed by atoms with Crippen molar-refractivity contribution in [3.8, 4) is 0 Å². The number of unbranched alkanes of at least 4 members (excludes halogenated alkanes) is 7. The second-order valence-electron chi connectivity index (χ2n) is 6.00. The van der Waals surface area contributed by atoms with Crippen molar-refractivity contribution in [1.82, 2.24) is 0 Å². The number of hydrogen-bond acceptors (Lipinski definition) is 1. The van der Waals surface area contributed by atoms with Gasteiger partial charge in [-0.25, -0.2) is 0 Å². The van der Waals surface area contributed by atoms with Crippen molar-refractivity contribution in [3.63, 3.8) is 0 Å². The van der Waals surface area contributed by atoms with E-state index in [4.69, 9.17) is 0 Å². The molecule has 0 amide bonds. The first kappa shape index (κ1) is 17.2. The molecule has 0 bridgehead atoms. The van der Waals surface area contributed by atoms with E-state index in [9.17, 15) is 5.11 Å². The van der Waals surface area contributed by atoms with Crippen LogP contribution in [0.5, 0.6) is 0 Å². The van der Waals surface area contributed by atoms with E-state index in [2.05, 4.69) is 38.1 Å². The molecule has 0 aliphatic heterocycles. The van der Waals surface area contributed by atoms with Crippen LogP contribution in [0.1, 0.15) is 81.8 Å². The van der Waals surface area contributed by atoms with Crippen molar-refractivity contribution < 1.29 is 5.11 Å². The molecule has 0 heterocycles. The maximum absolute atomic E-state index is 9.60. The Kier molecular flexibility index (Phi) is 9.40. The molecule has 1 aromatic rings. The maximum atomic E-state index is 9.60. The minimum absolute atomic E-state index is 0.279. The highest BCUT2D eigenvalue weighted by Crippen LogP contribution is 2.25. The first-order chi connectivity index (χ1) is 9.79. The zero-order chi connectivity index (χ0) is 14.6. The highest BCUT2D eigenvalue weighted by molar-refractivity contribution is 5.29. The highest BCUT2D eigenvalue weighted by atomic mass is 16.3. The average molecular weight is 276 g/mol. The first-order valence-corrected chi connectivity index (χ1v) is 8.46. The van der Waals surface area contributed by atoms with Gasteiger partial charge in [-0.2, -0.15) is 0 Å². The van der Waals surface area contributed by atoms with Crippen LogP contribution in [0.25, 0.3) is 0 Å². The molecular weight excluding hydrogens is 244 g/mol. The summed E-state index contributed by atoms with van der Waals surface area (Å²) >= 11 is 0. The summed E-state index contributed by atoms with van der Waals surface area (Å²) in [5.74, 6) is 0.330. The average Bonchev–Trinajstić information content (AvgIpc) is 2.47. The monoisotopic (exact) mass is 276 g/mol. The molecule has 0 saturated carbocycles. The summed E-state index contributed by atoms with van der Waals surface area (Å²) in [6, 6.07) is 8.47. The van der Waals surface area contributed by atoms with Gasteiger partial charge in [-0.3, -0.25) is 0 Å². The lowest BCUT2D eigenvalue weighted by atomic mass is 9.90. The Hall–Kier alpha value is -0.820. The number of hydrogen-bond donors (Lipinski definition) is 1. The van der Waals surface area contributed by atoms with Gasteiger partial charge in [-0.15, -0.1) is 0 Å². The minimum Gasteiger partial charge on any atom is -0.396 e. The molecule has 0 aliphatic rings. The zero-order valence-electron chi connectivity index (χ0n) is 13.4. The summed E-state index contributed by atoms with van der Waals surface area (Å²) in [5, 5.41) is 9.60. The van der Waals surface area contributed by atoms with Gasteiger partial charge in [0.25, 0.3) is 0 Å². The van der Waals surface area contributed by atoms with Crippen molar-refractivity contribution in [3.05, 3.63) is 35.4 Å². The summed E-state index contributed by atoms with van der Waals surface area (Å²) < 4.78 is 0. The maximum Gasteiger partial charge on any atom is 0.0499 e. The molecular formula is C19H32O. The largest absolute Gasteiger partial charge is 0.396 e. The lowest BCUT2D eigenvalue weighted by molar-refractivity contribution is 0.256. The predicted octanol–water partition coefficient (Wildman–Crippen LogP) is 5.60. The Labute approximate surface area is 125 Å². The first-order valence-electron chi connectivity index (χ1n) is 8.46. The molecule has 20 heavy (non-hydrogen) atoms. The third-order valence-corrected chi connectivity index (χ3v) is 4.25. The lowest BCUT2D eigenvalue weighted by Crippen LogP contribution is -2.06. The fourth-order valence-electron chi connectivity index (χ4n) is 2.91. The van der Waals surface area contributed by atoms with E-state index in [-0.39, 0.29) is 6.61 Å². The van der Waals surface area contributed by atoms with Crippen LogP contribution in [-0.2, 0) is 0 Å². The Morgan fingerprint density at radius 2 is 1.50 bits per heavy atom. The van der Waals surface area contributed by atoms with Gasteiger partial charge in [-0.1, -0.05) is 82.6 Å². The van der Waals surface area contributed by atoms with Gasteiger partial charge < -0.3 is 5.11 Å². The van der Waals surface area contributed by atoms with E-state index in [0.29, 0.717) is 5.92 Å². The number of benzene rings is 1. The topological polar surface area (TPSA) is 20.2 Å². The zero-order valence-corrected chi connectivity index (χ0v) is 13.4. The Balaban J connectivity index is 2.18. The van der Waals surface area contributed by atoms with Crippen LogP contribution in [0, 0.1) is 6.92 Å². The molecule has 0 radical (unpaired) electrons. The second-order valence-corrected chi connectivity index (χ2v) is 6.00. The molecule has 0 spiro atoms. The number of aliphatic hydroxyl groups is 1. The van der Waals surface area contributed by atoms with Crippen LogP contribution in [-0.4, -0.2) is 11.7 Å². The van der Waals surface area contributed by atoms with Gasteiger partial charge in [0.05, 0.1) is 0 Å². The molecule has 1 atom stereocenters. The van der Waals surface area contributed by atoms with Crippen LogP contribution < -0.4 is 0 Å². The van der Waals surface area contributed by atoms with Gasteiger partial charge >= 0.3 is 0 Å². The van der Waals surface area contributed by atoms with E-state index >= 15 is 0 Å². The Morgan fingerprint density at radius 3 is 2.10 bits per heavy atom. The standard InChI is InChI=1S/C19H32O/c1-3-4-5-6-7-8-9-10-14-18(16-20)19-15-12-11-13-17(19)2/h11-13,15,18,20H,3-10,14,16H2,1-2H3. The predicted molar refractivity (Wildman–Crippen MR) is 88.2 cm³/mol. The highest BCUT2D eigenvalue weighted by Gasteiger charge is 2.11. The fourth-order valence-corrected chi connectivity index (χ4v) is 2.91. The lowest BCUT2D eigenvalue weighted by Gasteiger charge is -2.16. The van der Waals surface area contributed by atoms with Crippen molar-refractivity contribution in [1.29, 1.82) is 0 Å². The van der Waals surface area contributed by atoms with Crippen molar-refractivity contribution in [2.24, 2.45) is 0 Å². The van der Waals surface area contributed by atoms with Crippen LogP contribution >= 0.6 is 0 Å². The van der Waals surface area contributed by atoms with Crippen molar-refractivity contribution >= 4 is 0 Å². The number of aliphatic hydroxyl groups excluding tert-OH is 1. The summed E-state index contributed by atoms with van der Waals surface area (Å²) in [7, 11) is 0.